The molecule has 1 aliphatic rings. The summed E-state index contributed by atoms with van der Waals surface area (Å²) in [4.78, 5) is 23.3. The van der Waals surface area contributed by atoms with Crippen molar-refractivity contribution in [3.63, 3.8) is 0 Å². The largest absolute Gasteiger partial charge is 0.480 e. The highest BCUT2D eigenvalue weighted by atomic mass is 16.4. The molecule has 86 valence electrons. The second-order valence-corrected chi connectivity index (χ2v) is 4.94. The van der Waals surface area contributed by atoms with E-state index >= 15 is 0 Å². The van der Waals surface area contributed by atoms with Crippen molar-refractivity contribution in [2.45, 2.75) is 46.5 Å². The Hall–Kier alpha value is -0.860. The van der Waals surface area contributed by atoms with Crippen molar-refractivity contribution in [3.05, 3.63) is 0 Å². The standard InChI is InChI=1S/C12H20O3/c1-8(2)9(3)12(11(14)15)7-5-4-6-10(12)13/h8-9H,4-7H2,1-3H3,(H,14,15). The van der Waals surface area contributed by atoms with E-state index in [1.165, 1.54) is 0 Å². The molecule has 0 saturated heterocycles. The summed E-state index contributed by atoms with van der Waals surface area (Å²) in [7, 11) is 0. The van der Waals surface area contributed by atoms with E-state index in [-0.39, 0.29) is 17.6 Å². The SMILES string of the molecule is CC(C)C(C)C1(C(=O)O)CCCCC1=O. The summed E-state index contributed by atoms with van der Waals surface area (Å²) in [6, 6.07) is 0. The highest BCUT2D eigenvalue weighted by Gasteiger charge is 2.51. The Morgan fingerprint density at radius 2 is 1.93 bits per heavy atom. The van der Waals surface area contributed by atoms with E-state index in [0.717, 1.165) is 12.8 Å². The number of carboxylic acids is 1. The Kier molecular flexibility index (Phi) is 3.53. The molecular formula is C12H20O3. The van der Waals surface area contributed by atoms with Gasteiger partial charge >= 0.3 is 5.97 Å². The van der Waals surface area contributed by atoms with Crippen LogP contribution in [-0.2, 0) is 9.59 Å². The first-order chi connectivity index (χ1) is 6.93. The third-order valence-electron chi connectivity index (χ3n) is 3.88. The lowest BCUT2D eigenvalue weighted by Crippen LogP contribution is -2.48. The van der Waals surface area contributed by atoms with Gasteiger partial charge in [-0.05, 0) is 24.7 Å². The number of Topliss-reactive ketones (excluding diaryl/α,β-unsaturated/α-hetero) is 1. The molecule has 1 N–H and O–H groups in total. The molecule has 1 aliphatic carbocycles. The molecule has 0 heterocycles. The third-order valence-corrected chi connectivity index (χ3v) is 3.88. The Bertz CT molecular complexity index is 270. The Balaban J connectivity index is 3.06. The van der Waals surface area contributed by atoms with Gasteiger partial charge in [0.1, 0.15) is 11.2 Å². The van der Waals surface area contributed by atoms with E-state index in [1.54, 1.807) is 0 Å². The molecule has 2 atom stereocenters. The fourth-order valence-corrected chi connectivity index (χ4v) is 2.52. The van der Waals surface area contributed by atoms with Crippen LogP contribution >= 0.6 is 0 Å². The summed E-state index contributed by atoms with van der Waals surface area (Å²) in [6.07, 6.45) is 2.65. The monoisotopic (exact) mass is 212 g/mol. The van der Waals surface area contributed by atoms with E-state index in [0.29, 0.717) is 12.8 Å². The fourth-order valence-electron chi connectivity index (χ4n) is 2.52. The molecule has 0 aromatic heterocycles. The van der Waals surface area contributed by atoms with Gasteiger partial charge in [0.2, 0.25) is 0 Å². The van der Waals surface area contributed by atoms with Gasteiger partial charge in [-0.1, -0.05) is 27.2 Å². The summed E-state index contributed by atoms with van der Waals surface area (Å²) in [5, 5.41) is 9.36. The number of hydrogen-bond donors (Lipinski definition) is 1. The molecule has 15 heavy (non-hydrogen) atoms. The van der Waals surface area contributed by atoms with Gasteiger partial charge < -0.3 is 5.11 Å². The van der Waals surface area contributed by atoms with E-state index in [9.17, 15) is 14.7 Å². The maximum Gasteiger partial charge on any atom is 0.317 e. The van der Waals surface area contributed by atoms with Crippen molar-refractivity contribution in [2.75, 3.05) is 0 Å². The van der Waals surface area contributed by atoms with Gasteiger partial charge in [0, 0.05) is 6.42 Å². The number of carboxylic acid groups (broad SMARTS) is 1. The molecule has 0 amide bonds. The van der Waals surface area contributed by atoms with Crippen LogP contribution in [0.25, 0.3) is 0 Å². The summed E-state index contributed by atoms with van der Waals surface area (Å²) in [5.74, 6) is -0.846. The maximum atomic E-state index is 11.9. The summed E-state index contributed by atoms with van der Waals surface area (Å²) in [5.41, 5.74) is -1.10. The molecule has 2 unspecified atom stereocenters. The molecule has 1 rings (SSSR count). The zero-order valence-electron chi connectivity index (χ0n) is 9.75. The molecule has 1 saturated carbocycles. The lowest BCUT2D eigenvalue weighted by atomic mass is 9.62. The van der Waals surface area contributed by atoms with Crippen molar-refractivity contribution in [1.29, 1.82) is 0 Å². The Labute approximate surface area is 90.9 Å². The maximum absolute atomic E-state index is 11.9. The van der Waals surface area contributed by atoms with Crippen molar-refractivity contribution >= 4 is 11.8 Å². The molecule has 0 aromatic carbocycles. The first-order valence-corrected chi connectivity index (χ1v) is 5.69. The van der Waals surface area contributed by atoms with Crippen molar-refractivity contribution in [2.24, 2.45) is 17.3 Å². The second-order valence-electron chi connectivity index (χ2n) is 4.94. The van der Waals surface area contributed by atoms with Crippen LogP contribution in [-0.4, -0.2) is 16.9 Å². The van der Waals surface area contributed by atoms with E-state index in [2.05, 4.69) is 0 Å². The minimum absolute atomic E-state index is 0.0672. The average molecular weight is 212 g/mol. The number of carbonyl (C=O) groups excluding carboxylic acids is 1. The van der Waals surface area contributed by atoms with Crippen LogP contribution in [0.4, 0.5) is 0 Å². The van der Waals surface area contributed by atoms with Crippen LogP contribution in [0.1, 0.15) is 46.5 Å². The molecule has 0 spiro atoms. The van der Waals surface area contributed by atoms with Crippen LogP contribution in [0.15, 0.2) is 0 Å². The summed E-state index contributed by atoms with van der Waals surface area (Å²) in [6.45, 7) is 5.86. The van der Waals surface area contributed by atoms with Gasteiger partial charge in [-0.2, -0.15) is 0 Å². The van der Waals surface area contributed by atoms with Gasteiger partial charge in [0.25, 0.3) is 0 Å². The number of aliphatic carboxylic acids is 1. The van der Waals surface area contributed by atoms with Crippen LogP contribution in [0.3, 0.4) is 0 Å². The number of carbonyl (C=O) groups is 2. The smallest absolute Gasteiger partial charge is 0.317 e. The van der Waals surface area contributed by atoms with Crippen LogP contribution in [0, 0.1) is 17.3 Å². The minimum Gasteiger partial charge on any atom is -0.480 e. The molecule has 0 bridgehead atoms. The zero-order chi connectivity index (χ0) is 11.6. The first-order valence-electron chi connectivity index (χ1n) is 5.69. The fraction of sp³-hybridized carbons (Fsp3) is 0.833. The van der Waals surface area contributed by atoms with Gasteiger partial charge in [0.05, 0.1) is 0 Å². The predicted octanol–water partition coefficient (Wildman–Crippen LogP) is 2.49. The van der Waals surface area contributed by atoms with Gasteiger partial charge in [-0.25, -0.2) is 0 Å². The van der Waals surface area contributed by atoms with E-state index in [4.69, 9.17) is 0 Å². The quantitative estimate of drug-likeness (QED) is 0.731. The third kappa shape index (κ3) is 1.92. The highest BCUT2D eigenvalue weighted by molar-refractivity contribution is 6.03. The molecule has 0 aromatic rings. The zero-order valence-corrected chi connectivity index (χ0v) is 9.75. The Morgan fingerprint density at radius 1 is 1.33 bits per heavy atom. The highest BCUT2D eigenvalue weighted by Crippen LogP contribution is 2.43. The van der Waals surface area contributed by atoms with Crippen LogP contribution in [0.2, 0.25) is 0 Å². The van der Waals surface area contributed by atoms with Crippen LogP contribution in [0.5, 0.6) is 0 Å². The number of hydrogen-bond acceptors (Lipinski definition) is 2. The normalized spacial score (nSPS) is 29.2. The summed E-state index contributed by atoms with van der Waals surface area (Å²) >= 11 is 0. The minimum atomic E-state index is -1.10. The lowest BCUT2D eigenvalue weighted by Gasteiger charge is -2.38. The summed E-state index contributed by atoms with van der Waals surface area (Å²) < 4.78 is 0. The van der Waals surface area contributed by atoms with Crippen molar-refractivity contribution < 1.29 is 14.7 Å². The van der Waals surface area contributed by atoms with Crippen molar-refractivity contribution in [1.82, 2.24) is 0 Å². The Morgan fingerprint density at radius 3 is 2.33 bits per heavy atom. The predicted molar refractivity (Wildman–Crippen MR) is 57.5 cm³/mol. The lowest BCUT2D eigenvalue weighted by molar-refractivity contribution is -0.162. The first kappa shape index (κ1) is 12.2. The van der Waals surface area contributed by atoms with Crippen molar-refractivity contribution in [3.8, 4) is 0 Å². The number of rotatable bonds is 3. The van der Waals surface area contributed by atoms with Gasteiger partial charge in [-0.15, -0.1) is 0 Å². The second kappa shape index (κ2) is 4.33. The molecule has 1 fully saturated rings. The molecular weight excluding hydrogens is 192 g/mol. The average Bonchev–Trinajstić information content (AvgIpc) is 2.17. The topological polar surface area (TPSA) is 54.4 Å². The molecule has 0 aliphatic heterocycles. The molecule has 3 nitrogen and oxygen atoms in total. The van der Waals surface area contributed by atoms with E-state index in [1.807, 2.05) is 20.8 Å². The van der Waals surface area contributed by atoms with Gasteiger partial charge in [0.15, 0.2) is 0 Å². The molecule has 0 radical (unpaired) electrons. The van der Waals surface area contributed by atoms with E-state index < -0.39 is 11.4 Å². The number of ketones is 1. The van der Waals surface area contributed by atoms with Crippen LogP contribution < -0.4 is 0 Å². The van der Waals surface area contributed by atoms with Gasteiger partial charge in [-0.3, -0.25) is 9.59 Å². The molecule has 3 heteroatoms.